The summed E-state index contributed by atoms with van der Waals surface area (Å²) < 4.78 is 0. The van der Waals surface area contributed by atoms with Crippen LogP contribution in [-0.2, 0) is 6.42 Å². The van der Waals surface area contributed by atoms with Gasteiger partial charge in [-0.3, -0.25) is 4.98 Å². The highest BCUT2D eigenvalue weighted by atomic mass is 35.5. The Hall–Kier alpha value is -0.830. The zero-order valence-corrected chi connectivity index (χ0v) is 11.4. The molecule has 0 radical (unpaired) electrons. The summed E-state index contributed by atoms with van der Waals surface area (Å²) in [5.74, 6) is 0. The van der Waals surface area contributed by atoms with Crippen LogP contribution < -0.4 is 5.32 Å². The van der Waals surface area contributed by atoms with Crippen molar-refractivity contribution in [3.8, 4) is 0 Å². The summed E-state index contributed by atoms with van der Waals surface area (Å²) in [4.78, 5) is 4.62. The summed E-state index contributed by atoms with van der Waals surface area (Å²) >= 11 is 12.3. The Labute approximate surface area is 111 Å². The zero-order valence-electron chi connectivity index (χ0n) is 9.85. The lowest BCUT2D eigenvalue weighted by atomic mass is 10.1. The molecule has 0 atom stereocenters. The van der Waals surface area contributed by atoms with Crippen LogP contribution in [0.25, 0.3) is 10.9 Å². The molecular formula is C13H14Cl2N2. The molecule has 1 aromatic carbocycles. The number of pyridine rings is 1. The van der Waals surface area contributed by atoms with Crippen molar-refractivity contribution in [1.29, 1.82) is 0 Å². The number of aromatic nitrogens is 1. The van der Waals surface area contributed by atoms with E-state index in [9.17, 15) is 0 Å². The normalized spacial score (nSPS) is 11.1. The van der Waals surface area contributed by atoms with E-state index in [4.69, 9.17) is 23.2 Å². The van der Waals surface area contributed by atoms with E-state index in [1.54, 1.807) is 12.1 Å². The zero-order chi connectivity index (χ0) is 12.4. The number of halogens is 2. The molecule has 0 aliphatic carbocycles. The lowest BCUT2D eigenvalue weighted by molar-refractivity contribution is 0.775. The van der Waals surface area contributed by atoms with Crippen LogP contribution in [0.3, 0.4) is 0 Å². The Bertz CT molecular complexity index is 553. The van der Waals surface area contributed by atoms with Crippen LogP contribution in [0.4, 0.5) is 0 Å². The third-order valence-electron chi connectivity index (χ3n) is 2.79. The van der Waals surface area contributed by atoms with Gasteiger partial charge in [0.25, 0.3) is 0 Å². The summed E-state index contributed by atoms with van der Waals surface area (Å²) in [6.45, 7) is 2.95. The van der Waals surface area contributed by atoms with E-state index in [2.05, 4.69) is 23.3 Å². The smallest absolute Gasteiger partial charge is 0.0906 e. The molecule has 17 heavy (non-hydrogen) atoms. The largest absolute Gasteiger partial charge is 0.319 e. The van der Waals surface area contributed by atoms with Gasteiger partial charge in [-0.05, 0) is 37.7 Å². The van der Waals surface area contributed by atoms with Crippen molar-refractivity contribution in [2.45, 2.75) is 13.3 Å². The van der Waals surface area contributed by atoms with E-state index in [0.29, 0.717) is 10.0 Å². The third-order valence-corrected chi connectivity index (χ3v) is 3.42. The van der Waals surface area contributed by atoms with Gasteiger partial charge in [0.05, 0.1) is 15.6 Å². The van der Waals surface area contributed by atoms with Crippen LogP contribution in [0.2, 0.25) is 10.0 Å². The minimum Gasteiger partial charge on any atom is -0.319 e. The van der Waals surface area contributed by atoms with Crippen molar-refractivity contribution >= 4 is 34.1 Å². The molecule has 4 heteroatoms. The average Bonchev–Trinajstić information content (AvgIpc) is 2.32. The van der Waals surface area contributed by atoms with Crippen LogP contribution >= 0.6 is 23.2 Å². The maximum atomic E-state index is 6.15. The maximum absolute atomic E-state index is 6.15. The molecule has 2 nitrogen and oxygen atoms in total. The van der Waals surface area contributed by atoms with Gasteiger partial charge in [-0.15, -0.1) is 0 Å². The molecule has 0 amide bonds. The minimum absolute atomic E-state index is 0.648. The van der Waals surface area contributed by atoms with Crippen molar-refractivity contribution in [2.75, 3.05) is 13.6 Å². The molecule has 0 spiro atoms. The lowest BCUT2D eigenvalue weighted by Gasteiger charge is -2.09. The van der Waals surface area contributed by atoms with Crippen LogP contribution in [0.1, 0.15) is 11.3 Å². The van der Waals surface area contributed by atoms with Gasteiger partial charge in [-0.2, -0.15) is 0 Å². The summed E-state index contributed by atoms with van der Waals surface area (Å²) in [5, 5.41) is 5.38. The monoisotopic (exact) mass is 268 g/mol. The molecular weight excluding hydrogens is 255 g/mol. The van der Waals surface area contributed by atoms with Crippen molar-refractivity contribution in [3.63, 3.8) is 0 Å². The number of aryl methyl sites for hydroxylation is 1. The number of nitrogens with zero attached hydrogens (tertiary/aromatic N) is 1. The molecule has 0 aliphatic rings. The quantitative estimate of drug-likeness (QED) is 0.920. The average molecular weight is 269 g/mol. The lowest BCUT2D eigenvalue weighted by Crippen LogP contribution is -2.12. The molecule has 0 saturated carbocycles. The molecule has 2 aromatic rings. The van der Waals surface area contributed by atoms with Crippen LogP contribution in [0, 0.1) is 6.92 Å². The second kappa shape index (κ2) is 5.21. The van der Waals surface area contributed by atoms with Crippen molar-refractivity contribution < 1.29 is 0 Å². The predicted octanol–water partition coefficient (Wildman–Crippen LogP) is 3.61. The highest BCUT2D eigenvalue weighted by Gasteiger charge is 2.08. The Morgan fingerprint density at radius 1 is 1.24 bits per heavy atom. The summed E-state index contributed by atoms with van der Waals surface area (Å²) in [5.41, 5.74) is 3.00. The Kier molecular flexibility index (Phi) is 3.87. The van der Waals surface area contributed by atoms with Gasteiger partial charge < -0.3 is 5.32 Å². The first-order valence-corrected chi connectivity index (χ1v) is 6.28. The summed E-state index contributed by atoms with van der Waals surface area (Å²) in [6, 6.07) is 5.65. The van der Waals surface area contributed by atoms with Crippen LogP contribution in [0.15, 0.2) is 18.2 Å². The van der Waals surface area contributed by atoms with E-state index in [0.717, 1.165) is 35.1 Å². The molecule has 0 fully saturated rings. The fourth-order valence-corrected chi connectivity index (χ4v) is 2.24. The standard InChI is InChI=1S/C13H14Cl2N2/c1-8-7-9-10(14)3-4-11(15)13(9)17-12(8)5-6-16-2/h3-4,7,16H,5-6H2,1-2H3. The molecule has 1 heterocycles. The van der Waals surface area contributed by atoms with Crippen molar-refractivity contribution in [1.82, 2.24) is 10.3 Å². The second-order valence-electron chi connectivity index (χ2n) is 4.03. The second-order valence-corrected chi connectivity index (χ2v) is 4.85. The number of nitrogens with one attached hydrogen (secondary N) is 1. The number of fused-ring (bicyclic) bond motifs is 1. The number of likely N-dealkylation sites (N-methyl/N-ethyl adjacent to an activating group) is 1. The maximum Gasteiger partial charge on any atom is 0.0906 e. The SMILES string of the molecule is CNCCc1nc2c(Cl)ccc(Cl)c2cc1C. The Balaban J connectivity index is 2.59. The summed E-state index contributed by atoms with van der Waals surface area (Å²) in [6.07, 6.45) is 0.890. The Morgan fingerprint density at radius 2 is 1.94 bits per heavy atom. The fraction of sp³-hybridized carbons (Fsp3) is 0.308. The summed E-state index contributed by atoms with van der Waals surface area (Å²) in [7, 11) is 1.93. The van der Waals surface area contributed by atoms with E-state index >= 15 is 0 Å². The molecule has 0 saturated heterocycles. The molecule has 0 bridgehead atoms. The molecule has 1 N–H and O–H groups in total. The van der Waals surface area contributed by atoms with E-state index < -0.39 is 0 Å². The van der Waals surface area contributed by atoms with Crippen molar-refractivity contribution in [2.24, 2.45) is 0 Å². The fourth-order valence-electron chi connectivity index (χ4n) is 1.83. The number of benzene rings is 1. The predicted molar refractivity (Wildman–Crippen MR) is 74.1 cm³/mol. The van der Waals surface area contributed by atoms with Crippen molar-refractivity contribution in [3.05, 3.63) is 39.5 Å². The highest BCUT2D eigenvalue weighted by Crippen LogP contribution is 2.29. The number of hydrogen-bond acceptors (Lipinski definition) is 2. The van der Waals surface area contributed by atoms with Gasteiger partial charge in [-0.1, -0.05) is 23.2 Å². The number of hydrogen-bond donors (Lipinski definition) is 1. The van der Waals surface area contributed by atoms with Gasteiger partial charge in [-0.25, -0.2) is 0 Å². The molecule has 0 aliphatic heterocycles. The highest BCUT2D eigenvalue weighted by molar-refractivity contribution is 6.39. The molecule has 2 rings (SSSR count). The molecule has 0 unspecified atom stereocenters. The van der Waals surface area contributed by atoms with Gasteiger partial charge in [0, 0.05) is 24.0 Å². The van der Waals surface area contributed by atoms with Gasteiger partial charge in [0.1, 0.15) is 0 Å². The third kappa shape index (κ3) is 2.54. The van der Waals surface area contributed by atoms with Gasteiger partial charge in [0.2, 0.25) is 0 Å². The van der Waals surface area contributed by atoms with Crippen LogP contribution in [-0.4, -0.2) is 18.6 Å². The minimum atomic E-state index is 0.648. The first kappa shape index (κ1) is 12.6. The number of rotatable bonds is 3. The van der Waals surface area contributed by atoms with E-state index in [1.165, 1.54) is 0 Å². The van der Waals surface area contributed by atoms with Gasteiger partial charge in [0.15, 0.2) is 0 Å². The van der Waals surface area contributed by atoms with Gasteiger partial charge >= 0.3 is 0 Å². The van der Waals surface area contributed by atoms with E-state index in [-0.39, 0.29) is 0 Å². The molecule has 90 valence electrons. The Morgan fingerprint density at radius 3 is 2.65 bits per heavy atom. The first-order chi connectivity index (χ1) is 8.13. The van der Waals surface area contributed by atoms with E-state index in [1.807, 2.05) is 7.05 Å². The van der Waals surface area contributed by atoms with Crippen LogP contribution in [0.5, 0.6) is 0 Å². The topological polar surface area (TPSA) is 24.9 Å². The molecule has 1 aromatic heterocycles. The first-order valence-electron chi connectivity index (χ1n) is 5.52.